The van der Waals surface area contributed by atoms with Crippen molar-refractivity contribution in [3.8, 4) is 0 Å². The first kappa shape index (κ1) is 20.0. The molecule has 0 aromatic heterocycles. The van der Waals surface area contributed by atoms with Gasteiger partial charge in [-0.05, 0) is 44.0 Å². The number of fused-ring (bicyclic) bond motifs is 1. The Bertz CT molecular complexity index is 622. The molecule has 0 saturated heterocycles. The summed E-state index contributed by atoms with van der Waals surface area (Å²) in [7, 11) is 0. The van der Waals surface area contributed by atoms with Gasteiger partial charge < -0.3 is 9.64 Å². The Labute approximate surface area is 160 Å². The van der Waals surface area contributed by atoms with Crippen molar-refractivity contribution in [2.45, 2.75) is 51.9 Å². The van der Waals surface area contributed by atoms with Gasteiger partial charge >= 0.3 is 0 Å². The third-order valence-corrected chi connectivity index (χ3v) is 6.23. The predicted octanol–water partition coefficient (Wildman–Crippen LogP) is 5.36. The van der Waals surface area contributed by atoms with Crippen molar-refractivity contribution < 1.29 is 9.53 Å². The minimum atomic E-state index is 0.0488. The van der Waals surface area contributed by atoms with Crippen molar-refractivity contribution in [2.24, 2.45) is 5.92 Å². The second-order valence-corrected chi connectivity index (χ2v) is 8.61. The van der Waals surface area contributed by atoms with Gasteiger partial charge in [-0.2, -0.15) is 0 Å². The Hall–Kier alpha value is -1.33. The van der Waals surface area contributed by atoms with Crippen molar-refractivity contribution in [2.75, 3.05) is 6.54 Å². The van der Waals surface area contributed by atoms with Crippen molar-refractivity contribution in [1.82, 2.24) is 4.90 Å². The molecule has 136 valence electrons. The maximum Gasteiger partial charge on any atom is 0.258 e. The second-order valence-electron chi connectivity index (χ2n) is 6.70. The maximum atomic E-state index is 12.6. The summed E-state index contributed by atoms with van der Waals surface area (Å²) >= 11 is 6.99. The molecular weight excluding hydrogens is 350 g/mol. The Morgan fingerprint density at radius 2 is 1.92 bits per heavy atom. The van der Waals surface area contributed by atoms with Gasteiger partial charge in [0.15, 0.2) is 0 Å². The molecule has 0 spiro atoms. The van der Waals surface area contributed by atoms with Crippen molar-refractivity contribution >= 4 is 40.0 Å². The average Bonchev–Trinajstić information content (AvgIpc) is 2.83. The Balaban J connectivity index is 1.90. The molecule has 1 amide bonds. The topological polar surface area (TPSA) is 29.5 Å². The van der Waals surface area contributed by atoms with E-state index in [1.54, 1.807) is 16.7 Å². The van der Waals surface area contributed by atoms with E-state index in [4.69, 9.17) is 17.0 Å². The van der Waals surface area contributed by atoms with Crippen LogP contribution in [0.3, 0.4) is 0 Å². The lowest BCUT2D eigenvalue weighted by Gasteiger charge is -2.23. The van der Waals surface area contributed by atoms with Crippen LogP contribution in [0, 0.1) is 5.92 Å². The highest BCUT2D eigenvalue weighted by molar-refractivity contribution is 8.23. The molecule has 2 unspecified atom stereocenters. The molecule has 5 heteroatoms. The van der Waals surface area contributed by atoms with Crippen LogP contribution in [0.1, 0.15) is 56.5 Å². The summed E-state index contributed by atoms with van der Waals surface area (Å²) in [6.45, 7) is 13.2. The normalized spacial score (nSPS) is 16.1. The summed E-state index contributed by atoms with van der Waals surface area (Å²) in [5, 5.41) is 0.330. The molecule has 0 saturated carbocycles. The summed E-state index contributed by atoms with van der Waals surface area (Å²) in [6.07, 6.45) is 1.96. The lowest BCUT2D eigenvalue weighted by molar-refractivity contribution is 0.0849. The van der Waals surface area contributed by atoms with E-state index in [9.17, 15) is 4.79 Å². The Kier molecular flexibility index (Phi) is 7.08. The van der Waals surface area contributed by atoms with Crippen LogP contribution >= 0.6 is 24.0 Å². The Morgan fingerprint density at radius 3 is 2.48 bits per heavy atom. The number of ether oxygens (including phenoxy) is 1. The number of rotatable bonds is 7. The zero-order valence-corrected chi connectivity index (χ0v) is 17.1. The van der Waals surface area contributed by atoms with E-state index in [1.165, 1.54) is 0 Å². The van der Waals surface area contributed by atoms with E-state index in [-0.39, 0.29) is 12.0 Å². The summed E-state index contributed by atoms with van der Waals surface area (Å²) in [4.78, 5) is 14.3. The number of thiocarbonyl (C=S) groups is 1. The summed E-state index contributed by atoms with van der Waals surface area (Å²) in [5.74, 6) is 0.482. The van der Waals surface area contributed by atoms with E-state index < -0.39 is 0 Å². The maximum absolute atomic E-state index is 12.6. The van der Waals surface area contributed by atoms with Crippen molar-refractivity contribution in [1.29, 1.82) is 0 Å². The SMILES string of the molecule is C=C1c2ccccc2C(=O)N1CCC(CC)SC(=S)OC(C)C(C)C. The molecule has 2 rings (SSSR count). The molecule has 1 aliphatic rings. The molecule has 1 aliphatic heterocycles. The number of nitrogens with zero attached hydrogens (tertiary/aromatic N) is 1. The van der Waals surface area contributed by atoms with Gasteiger partial charge in [0.1, 0.15) is 0 Å². The van der Waals surface area contributed by atoms with E-state index >= 15 is 0 Å². The zero-order valence-electron chi connectivity index (χ0n) is 15.5. The van der Waals surface area contributed by atoms with Crippen LogP contribution in [0.25, 0.3) is 5.70 Å². The number of benzene rings is 1. The minimum absolute atomic E-state index is 0.0488. The van der Waals surface area contributed by atoms with Crippen LogP contribution in [-0.4, -0.2) is 33.1 Å². The summed E-state index contributed by atoms with van der Waals surface area (Å²) in [6, 6.07) is 7.66. The largest absolute Gasteiger partial charge is 0.475 e. The van der Waals surface area contributed by atoms with Crippen molar-refractivity contribution in [3.63, 3.8) is 0 Å². The lowest BCUT2D eigenvalue weighted by atomic mass is 10.1. The van der Waals surface area contributed by atoms with Crippen LogP contribution in [0.2, 0.25) is 0 Å². The van der Waals surface area contributed by atoms with Gasteiger partial charge in [-0.1, -0.05) is 57.3 Å². The highest BCUT2D eigenvalue weighted by Gasteiger charge is 2.30. The number of amides is 1. The van der Waals surface area contributed by atoms with Crippen molar-refractivity contribution in [3.05, 3.63) is 42.0 Å². The number of hydrogen-bond acceptors (Lipinski definition) is 4. The molecule has 3 nitrogen and oxygen atoms in total. The van der Waals surface area contributed by atoms with Crippen LogP contribution in [0.5, 0.6) is 0 Å². The van der Waals surface area contributed by atoms with Crippen LogP contribution < -0.4 is 0 Å². The standard InChI is InChI=1S/C20H27NO2S2/c1-6-16(25-20(24)23-15(5)13(2)3)11-12-21-14(4)17-9-7-8-10-18(17)19(21)22/h7-10,13,15-16H,4,6,11-12H2,1-3,5H3. The lowest BCUT2D eigenvalue weighted by Crippen LogP contribution is -2.26. The van der Waals surface area contributed by atoms with E-state index in [1.807, 2.05) is 31.2 Å². The number of hydrogen-bond donors (Lipinski definition) is 0. The fourth-order valence-corrected chi connectivity index (χ4v) is 4.07. The molecule has 1 heterocycles. The Morgan fingerprint density at radius 1 is 1.28 bits per heavy atom. The fourth-order valence-electron chi connectivity index (χ4n) is 2.64. The van der Waals surface area contributed by atoms with Gasteiger partial charge in [0, 0.05) is 28.6 Å². The minimum Gasteiger partial charge on any atom is -0.475 e. The molecule has 0 bridgehead atoms. The highest BCUT2D eigenvalue weighted by atomic mass is 32.2. The first-order valence-corrected chi connectivity index (χ1v) is 10.1. The first-order valence-electron chi connectivity index (χ1n) is 8.82. The molecular formula is C20H27NO2S2. The van der Waals surface area contributed by atoms with E-state index in [0.717, 1.165) is 29.7 Å². The first-order chi connectivity index (χ1) is 11.8. The molecule has 25 heavy (non-hydrogen) atoms. The van der Waals surface area contributed by atoms with Gasteiger partial charge in [0.2, 0.25) is 4.38 Å². The average molecular weight is 378 g/mol. The predicted molar refractivity (Wildman–Crippen MR) is 111 cm³/mol. The molecule has 1 aromatic rings. The summed E-state index contributed by atoms with van der Waals surface area (Å²) in [5.41, 5.74) is 2.49. The van der Waals surface area contributed by atoms with Gasteiger partial charge in [0.05, 0.1) is 6.10 Å². The highest BCUT2D eigenvalue weighted by Crippen LogP contribution is 2.32. The van der Waals surface area contributed by atoms with Crippen LogP contribution in [0.15, 0.2) is 30.8 Å². The van der Waals surface area contributed by atoms with Gasteiger partial charge in [0.25, 0.3) is 5.91 Å². The number of thioether (sulfide) groups is 1. The number of carbonyl (C=O) groups excluding carboxylic acids is 1. The molecule has 0 aliphatic carbocycles. The van der Waals surface area contributed by atoms with Crippen LogP contribution in [0.4, 0.5) is 0 Å². The molecule has 1 aromatic carbocycles. The summed E-state index contributed by atoms with van der Waals surface area (Å²) < 4.78 is 6.41. The van der Waals surface area contributed by atoms with Gasteiger partial charge in [-0.25, -0.2) is 0 Å². The van der Waals surface area contributed by atoms with E-state index in [0.29, 0.717) is 22.1 Å². The third kappa shape index (κ3) is 4.85. The smallest absolute Gasteiger partial charge is 0.258 e. The number of carbonyl (C=O) groups is 1. The second kappa shape index (κ2) is 8.86. The quantitative estimate of drug-likeness (QED) is 0.598. The zero-order chi connectivity index (χ0) is 18.6. The van der Waals surface area contributed by atoms with Gasteiger partial charge in [-0.15, -0.1) is 0 Å². The molecule has 2 atom stereocenters. The monoisotopic (exact) mass is 377 g/mol. The third-order valence-electron chi connectivity index (χ3n) is 4.65. The molecule has 0 N–H and O–H groups in total. The van der Waals surface area contributed by atoms with E-state index in [2.05, 4.69) is 27.4 Å². The van der Waals surface area contributed by atoms with Crippen LogP contribution in [-0.2, 0) is 4.74 Å². The van der Waals surface area contributed by atoms with Gasteiger partial charge in [-0.3, -0.25) is 4.79 Å². The fraction of sp³-hybridized carbons (Fsp3) is 0.500. The molecule has 0 radical (unpaired) electrons. The molecule has 0 fully saturated rings.